The number of fused-ring (bicyclic) bond motifs is 16. The molecule has 36 nitrogen and oxygen atoms in total. The summed E-state index contributed by atoms with van der Waals surface area (Å²) in [6, 6.07) is 13.8. The molecule has 39 heteroatoms. The Kier molecular flexibility index (Phi) is 27.4. The van der Waals surface area contributed by atoms with E-state index in [1.165, 1.54) is 19.2 Å². The fraction of sp³-hybridized carbons (Fsp3) is 0.369. The van der Waals surface area contributed by atoms with Crippen LogP contribution in [0.4, 0.5) is 5.69 Å². The number of phenols is 3. The lowest BCUT2D eigenvalue weighted by Gasteiger charge is -2.48. The standard InChI is InChI=1S/C84H90Cl3N11O25/c1-35(2)22-52(89-5)76(109)97-67-69(104)39-9-16-56(48(86)24-39)119-58-26-41-27-59(73(58)123-83-74(72(107)71(106)60(34-99)121-83)122-62-32-84(4,75(108)36(3)118-62)92-33-37-6-12-44(13-7-37)117-21-20-91-50-18-19-90-51-28-42(85)11-14-45(50)51)120-57-17-10-40(25-49(57)87)70(105)68-81(114)96-66(82(115)116)47-29-43(100)30-55(102)63(47)46-23-38(8-15-54(46)101)64(78(111)98-68)95-79(112)65(41)94-77(110)53(31-61(88)103)93-80(67)113/h6-19,23-30,35-36,52-53,60,62,64-72,74-75,83,89,92,99-102,104-108H,20-22,31-34H2,1-5H3,(H2,88,103)(H,90,91)(H,93,113)(H,94,110)(H,95,112)(H,96,114)(H,97,109)(H,98,111)(H,115,116)/t36?,52-,53+,60?,62?,64-,65-,66-,67-,68+,69-,70-,71?,72?,74?,75?,83?,84?/m1/s1. The monoisotopic (exact) mass is 1760 g/mol. The summed E-state index contributed by atoms with van der Waals surface area (Å²) >= 11 is 20.5. The van der Waals surface area contributed by atoms with Gasteiger partial charge in [0.2, 0.25) is 53.4 Å². The Morgan fingerprint density at radius 2 is 1.36 bits per heavy atom. The molecule has 7 aromatic carbocycles. The molecule has 8 heterocycles. The van der Waals surface area contributed by atoms with Gasteiger partial charge in [-0.25, -0.2) is 4.79 Å². The van der Waals surface area contributed by atoms with E-state index in [1.807, 2.05) is 38.1 Å². The number of aromatic nitrogens is 1. The molecule has 11 bridgehead atoms. The van der Waals surface area contributed by atoms with E-state index in [0.717, 1.165) is 88.9 Å². The van der Waals surface area contributed by atoms with Crippen molar-refractivity contribution in [1.82, 2.24) is 47.5 Å². The third kappa shape index (κ3) is 19.8. The van der Waals surface area contributed by atoms with Gasteiger partial charge < -0.3 is 138 Å². The van der Waals surface area contributed by atoms with Crippen LogP contribution in [-0.2, 0) is 59.1 Å². The second-order valence-corrected chi connectivity index (χ2v) is 32.2. The Labute approximate surface area is 716 Å². The maximum Gasteiger partial charge on any atom is 0.330 e. The number of anilines is 1. The Morgan fingerprint density at radius 3 is 2.01 bits per heavy atom. The summed E-state index contributed by atoms with van der Waals surface area (Å²) in [6.45, 7) is 6.82. The summed E-state index contributed by atoms with van der Waals surface area (Å²) in [4.78, 5) is 123. The van der Waals surface area contributed by atoms with Gasteiger partial charge in [-0.2, -0.15) is 0 Å². The highest BCUT2D eigenvalue weighted by Crippen LogP contribution is 2.50. The minimum absolute atomic E-state index is 0.112. The maximum atomic E-state index is 16.2. The van der Waals surface area contributed by atoms with Crippen LogP contribution in [0, 0.1) is 5.92 Å². The third-order valence-corrected chi connectivity index (χ3v) is 22.6. The van der Waals surface area contributed by atoms with Crippen molar-refractivity contribution in [2.45, 2.75) is 163 Å². The van der Waals surface area contributed by atoms with E-state index < -0.39 is 237 Å². The Hall–Kier alpha value is -11.5. The first-order chi connectivity index (χ1) is 58.6. The SMILES string of the molecule is CN[C@H](CC(C)C)C(=O)N[C@H]1C(=O)N[C@@H](CC(N)=O)C(=O)N[C@H]2C(=O)N[C@H]3C(=O)N[C@H](C(=O)N[C@@H](C(=O)O)c4cc(O)cc(O)c4-c4cc3ccc4O)[C@H](O)c3ccc(c(Cl)c3)Oc3cc2cc(c3OC2OC(CO)C(O)C(O)C2OC2CC(C)(NCc3ccc(OCCNc4ccnc5cc(Cl)ccc45)cc3)C(O)C(C)O2)Oc2ccc(cc2Cl)[C@H]1O. The van der Waals surface area contributed by atoms with E-state index in [4.69, 9.17) is 73.7 Å². The molecule has 1 aromatic heterocycles. The predicted molar refractivity (Wildman–Crippen MR) is 439 cm³/mol. The number of carbonyl (C=O) groups is 8. The van der Waals surface area contributed by atoms with Gasteiger partial charge in [0.15, 0.2) is 29.9 Å². The van der Waals surface area contributed by atoms with Crippen molar-refractivity contribution >= 4 is 98.7 Å². The van der Waals surface area contributed by atoms with E-state index in [9.17, 15) is 75.0 Å². The van der Waals surface area contributed by atoms with Crippen molar-refractivity contribution in [3.05, 3.63) is 182 Å². The molecule has 652 valence electrons. The number of aromatic hydroxyl groups is 3. The Morgan fingerprint density at radius 1 is 0.699 bits per heavy atom. The largest absolute Gasteiger partial charge is 0.508 e. The lowest BCUT2D eigenvalue weighted by atomic mass is 9.84. The van der Waals surface area contributed by atoms with Gasteiger partial charge in [-0.1, -0.05) is 79.0 Å². The second-order valence-electron chi connectivity index (χ2n) is 30.9. The number of ether oxygens (including phenoxy) is 7. The van der Waals surface area contributed by atoms with Crippen molar-refractivity contribution in [3.8, 4) is 62.9 Å². The summed E-state index contributed by atoms with van der Waals surface area (Å²) in [5, 5.41) is 142. The van der Waals surface area contributed by atoms with Crippen LogP contribution < -0.4 is 72.5 Å². The first-order valence-electron chi connectivity index (χ1n) is 39.0. The molecule has 2 saturated heterocycles. The van der Waals surface area contributed by atoms with Crippen LogP contribution in [-0.4, -0.2) is 209 Å². The molecule has 15 rings (SSSR count). The number of phenolic OH excluding ortho intramolecular Hbond substituents is 3. The van der Waals surface area contributed by atoms with Gasteiger partial charge in [0.25, 0.3) is 0 Å². The highest BCUT2D eigenvalue weighted by Gasteiger charge is 2.52. The zero-order valence-corrected chi connectivity index (χ0v) is 68.6. The van der Waals surface area contributed by atoms with Gasteiger partial charge in [-0.3, -0.25) is 38.5 Å². The smallest absolute Gasteiger partial charge is 0.330 e. The molecule has 0 radical (unpaired) electrons. The highest BCUT2D eigenvalue weighted by atomic mass is 35.5. The van der Waals surface area contributed by atoms with Crippen LogP contribution in [0.2, 0.25) is 15.1 Å². The van der Waals surface area contributed by atoms with E-state index in [1.54, 1.807) is 44.3 Å². The molecule has 9 unspecified atom stereocenters. The predicted octanol–water partition coefficient (Wildman–Crippen LogP) is 4.63. The maximum absolute atomic E-state index is 16.2. The van der Waals surface area contributed by atoms with Crippen LogP contribution in [0.1, 0.15) is 111 Å². The lowest BCUT2D eigenvalue weighted by Crippen LogP contribution is -2.65. The van der Waals surface area contributed by atoms with Crippen molar-refractivity contribution in [2.24, 2.45) is 11.7 Å². The number of hydrogen-bond acceptors (Lipinski definition) is 28. The zero-order chi connectivity index (χ0) is 88.3. The van der Waals surface area contributed by atoms with Crippen molar-refractivity contribution in [3.63, 3.8) is 0 Å². The molecule has 7 amide bonds. The number of nitrogens with zero attached hydrogens (tertiary/aromatic N) is 1. The number of aliphatic hydroxyl groups excluding tert-OH is 6. The highest BCUT2D eigenvalue weighted by molar-refractivity contribution is 6.32. The summed E-state index contributed by atoms with van der Waals surface area (Å²) in [6.07, 6.45) is -17.2. The molecular weight excluding hydrogens is 1670 g/mol. The number of rotatable bonds is 21. The fourth-order valence-electron chi connectivity index (χ4n) is 15.3. The van der Waals surface area contributed by atoms with Gasteiger partial charge in [0, 0.05) is 70.1 Å². The van der Waals surface area contributed by atoms with Crippen molar-refractivity contribution in [1.29, 1.82) is 0 Å². The third-order valence-electron chi connectivity index (χ3n) is 21.7. The number of nitrogens with two attached hydrogens (primary N) is 1. The number of hydrogen-bond donors (Lipinski definition) is 20. The van der Waals surface area contributed by atoms with Gasteiger partial charge in [0.1, 0.15) is 102 Å². The van der Waals surface area contributed by atoms with Gasteiger partial charge >= 0.3 is 5.97 Å². The summed E-state index contributed by atoms with van der Waals surface area (Å²) in [7, 11) is 1.47. The summed E-state index contributed by atoms with van der Waals surface area (Å²) in [5.74, 6) is -15.6. The number of aliphatic hydroxyl groups is 6. The number of likely N-dealkylation sites (N-methyl/N-ethyl adjacent to an activating group) is 1. The van der Waals surface area contributed by atoms with E-state index in [-0.39, 0.29) is 52.8 Å². The molecule has 2 fully saturated rings. The Balaban J connectivity index is 0.922. The number of aliphatic carboxylic acids is 1. The van der Waals surface area contributed by atoms with Crippen LogP contribution in [0.15, 0.2) is 134 Å². The molecule has 8 aromatic rings. The quantitative estimate of drug-likeness (QED) is 0.0436. The number of nitrogens with one attached hydrogen (secondary N) is 9. The molecule has 18 atom stereocenters. The van der Waals surface area contributed by atoms with E-state index in [0.29, 0.717) is 23.9 Å². The molecule has 7 aliphatic rings. The second kappa shape index (κ2) is 37.7. The zero-order valence-electron chi connectivity index (χ0n) is 66.3. The minimum Gasteiger partial charge on any atom is -0.508 e. The fourth-order valence-corrected chi connectivity index (χ4v) is 15.9. The number of amides is 7. The van der Waals surface area contributed by atoms with Crippen molar-refractivity contribution < 1.29 is 123 Å². The molecule has 21 N–H and O–H groups in total. The number of carboxylic acid groups (broad SMARTS) is 1. The van der Waals surface area contributed by atoms with Gasteiger partial charge in [-0.05, 0) is 152 Å². The molecule has 0 aliphatic carbocycles. The normalized spacial score (nSPS) is 26.2. The average Bonchev–Trinajstić information content (AvgIpc) is 0.766. The van der Waals surface area contributed by atoms with Crippen molar-refractivity contribution in [2.75, 3.05) is 32.1 Å². The number of halogens is 3. The van der Waals surface area contributed by atoms with Crippen LogP contribution >= 0.6 is 34.8 Å². The molecule has 0 saturated carbocycles. The molecular formula is C84H90Cl3N11O25. The first-order valence-corrected chi connectivity index (χ1v) is 40.1. The summed E-state index contributed by atoms with van der Waals surface area (Å²) < 4.78 is 45.6. The van der Waals surface area contributed by atoms with Crippen LogP contribution in [0.3, 0.4) is 0 Å². The number of pyridine rings is 1. The number of benzene rings is 7. The number of carbonyl (C=O) groups excluding carboxylic acids is 7. The summed E-state index contributed by atoms with van der Waals surface area (Å²) in [5.41, 5.74) is 3.97. The van der Waals surface area contributed by atoms with E-state index >= 15 is 14.4 Å². The average molecular weight is 1760 g/mol. The van der Waals surface area contributed by atoms with Crippen LogP contribution in [0.5, 0.6) is 51.7 Å². The Bertz CT molecular complexity index is 5370. The molecule has 0 spiro atoms. The lowest BCUT2D eigenvalue weighted by molar-refractivity contribution is -0.334. The molecule has 123 heavy (non-hydrogen) atoms. The van der Waals surface area contributed by atoms with Gasteiger partial charge in [0.05, 0.1) is 46.8 Å². The number of carboxylic acids is 1. The topological polar surface area (TPSA) is 551 Å². The van der Waals surface area contributed by atoms with Crippen LogP contribution in [0.25, 0.3) is 22.0 Å². The number of primary amides is 1. The van der Waals surface area contributed by atoms with Gasteiger partial charge in [-0.15, -0.1) is 0 Å². The molecule has 7 aliphatic heterocycles. The van der Waals surface area contributed by atoms with E-state index in [2.05, 4.69) is 52.8 Å². The minimum atomic E-state index is -2.37. The first kappa shape index (κ1) is 89.3.